The van der Waals surface area contributed by atoms with Crippen LogP contribution in [0.25, 0.3) is 0 Å². The molecule has 0 aliphatic carbocycles. The van der Waals surface area contributed by atoms with Crippen LogP contribution in [0.3, 0.4) is 0 Å². The fourth-order valence-corrected chi connectivity index (χ4v) is 4.18. The summed E-state index contributed by atoms with van der Waals surface area (Å²) in [4.78, 5) is 0. The van der Waals surface area contributed by atoms with Gasteiger partial charge in [0.25, 0.3) is 0 Å². The SMILES string of the molecule is C=C[C@H]1OB(c2ccccc2)OC[C@@H]1O[C@@H]1COC(c2ccccc2)O[C@H]1COS(=O)(=O)C(F)(F)F. The highest BCUT2D eigenvalue weighted by molar-refractivity contribution is 7.87. The van der Waals surface area contributed by atoms with E-state index in [1.165, 1.54) is 6.08 Å². The molecule has 194 valence electrons. The number of benzene rings is 2. The monoisotopic (exact) mass is 528 g/mol. The van der Waals surface area contributed by atoms with E-state index >= 15 is 0 Å². The quantitative estimate of drug-likeness (QED) is 0.224. The predicted octanol–water partition coefficient (Wildman–Crippen LogP) is 2.72. The minimum atomic E-state index is -5.83. The highest BCUT2D eigenvalue weighted by atomic mass is 32.2. The highest BCUT2D eigenvalue weighted by Crippen LogP contribution is 2.31. The van der Waals surface area contributed by atoms with Gasteiger partial charge in [0.1, 0.15) is 18.3 Å². The molecule has 2 fully saturated rings. The molecule has 0 amide bonds. The van der Waals surface area contributed by atoms with Gasteiger partial charge in [-0.1, -0.05) is 66.7 Å². The summed E-state index contributed by atoms with van der Waals surface area (Å²) in [5.74, 6) is 0. The lowest BCUT2D eigenvalue weighted by Gasteiger charge is -2.41. The Hall–Kier alpha value is -2.26. The summed E-state index contributed by atoms with van der Waals surface area (Å²) in [6.45, 7) is 2.80. The van der Waals surface area contributed by atoms with Crippen molar-refractivity contribution in [3.05, 3.63) is 78.9 Å². The molecule has 2 aromatic rings. The van der Waals surface area contributed by atoms with Gasteiger partial charge in [0.2, 0.25) is 0 Å². The van der Waals surface area contributed by atoms with E-state index in [-0.39, 0.29) is 13.2 Å². The topological polar surface area (TPSA) is 89.5 Å². The van der Waals surface area contributed by atoms with E-state index in [9.17, 15) is 21.6 Å². The molecular weight excluding hydrogens is 504 g/mol. The van der Waals surface area contributed by atoms with Gasteiger partial charge in [-0.15, -0.1) is 6.58 Å². The Morgan fingerprint density at radius 2 is 1.69 bits per heavy atom. The van der Waals surface area contributed by atoms with E-state index in [4.69, 9.17) is 23.5 Å². The van der Waals surface area contributed by atoms with Gasteiger partial charge in [0.15, 0.2) is 6.29 Å². The molecule has 8 nitrogen and oxygen atoms in total. The fourth-order valence-electron chi connectivity index (χ4n) is 3.74. The number of halogens is 3. The molecule has 0 radical (unpaired) electrons. The van der Waals surface area contributed by atoms with E-state index in [0.29, 0.717) is 5.56 Å². The van der Waals surface area contributed by atoms with Gasteiger partial charge < -0.3 is 23.5 Å². The van der Waals surface area contributed by atoms with E-state index < -0.39 is 60.1 Å². The molecule has 1 unspecified atom stereocenters. The van der Waals surface area contributed by atoms with Gasteiger partial charge in [0, 0.05) is 5.56 Å². The van der Waals surface area contributed by atoms with Crippen molar-refractivity contribution in [3.63, 3.8) is 0 Å². The smallest absolute Gasteiger partial charge is 0.404 e. The lowest BCUT2D eigenvalue weighted by Crippen LogP contribution is -2.55. The first-order valence-corrected chi connectivity index (χ1v) is 12.5. The molecule has 2 aromatic carbocycles. The normalized spacial score (nSPS) is 27.5. The summed E-state index contributed by atoms with van der Waals surface area (Å²) in [6, 6.07) is 17.9. The van der Waals surface area contributed by atoms with Crippen LogP contribution >= 0.6 is 0 Å². The molecule has 0 N–H and O–H groups in total. The maximum Gasteiger partial charge on any atom is 0.523 e. The second kappa shape index (κ2) is 11.4. The van der Waals surface area contributed by atoms with E-state index in [0.717, 1.165) is 5.46 Å². The first kappa shape index (κ1) is 26.8. The summed E-state index contributed by atoms with van der Waals surface area (Å²) in [6.07, 6.45) is -2.96. The van der Waals surface area contributed by atoms with Crippen LogP contribution in [0.5, 0.6) is 0 Å². The molecule has 0 aromatic heterocycles. The predicted molar refractivity (Wildman–Crippen MR) is 122 cm³/mol. The minimum Gasteiger partial charge on any atom is -0.404 e. The Kier molecular flexibility index (Phi) is 8.50. The number of alkyl halides is 3. The van der Waals surface area contributed by atoms with Crippen LogP contribution in [0.2, 0.25) is 0 Å². The maximum atomic E-state index is 12.8. The first-order chi connectivity index (χ1) is 17.2. The third kappa shape index (κ3) is 6.35. The number of hydrogen-bond donors (Lipinski definition) is 0. The number of hydrogen-bond acceptors (Lipinski definition) is 8. The zero-order chi connectivity index (χ0) is 25.8. The maximum absolute atomic E-state index is 12.8. The zero-order valence-corrected chi connectivity index (χ0v) is 19.8. The van der Waals surface area contributed by atoms with Crippen LogP contribution in [0.15, 0.2) is 73.3 Å². The van der Waals surface area contributed by atoms with Crippen LogP contribution in [0.4, 0.5) is 13.2 Å². The Balaban J connectivity index is 1.46. The molecule has 5 atom stereocenters. The van der Waals surface area contributed by atoms with Gasteiger partial charge in [-0.25, -0.2) is 0 Å². The second-order valence-electron chi connectivity index (χ2n) is 8.06. The molecule has 0 bridgehead atoms. The van der Waals surface area contributed by atoms with Crippen molar-refractivity contribution in [2.24, 2.45) is 0 Å². The lowest BCUT2D eigenvalue weighted by molar-refractivity contribution is -0.283. The molecule has 4 rings (SSSR count). The third-order valence-corrected chi connectivity index (χ3v) is 6.59. The zero-order valence-electron chi connectivity index (χ0n) is 19.0. The Bertz CT molecular complexity index is 1100. The average molecular weight is 528 g/mol. The van der Waals surface area contributed by atoms with E-state index in [1.807, 2.05) is 30.3 Å². The number of ether oxygens (including phenoxy) is 3. The summed E-state index contributed by atoms with van der Waals surface area (Å²) >= 11 is 0. The van der Waals surface area contributed by atoms with E-state index in [2.05, 4.69) is 10.8 Å². The Labute approximate surface area is 207 Å². The van der Waals surface area contributed by atoms with E-state index in [1.54, 1.807) is 30.3 Å². The van der Waals surface area contributed by atoms with Crippen molar-refractivity contribution >= 4 is 22.7 Å². The first-order valence-electron chi connectivity index (χ1n) is 11.1. The molecular formula is C23H24BF3O8S. The van der Waals surface area contributed by atoms with Crippen molar-refractivity contribution < 1.29 is 49.3 Å². The average Bonchev–Trinajstić information content (AvgIpc) is 2.88. The van der Waals surface area contributed by atoms with Gasteiger partial charge >= 0.3 is 22.7 Å². The fraction of sp³-hybridized carbons (Fsp3) is 0.391. The standard InChI is InChI=1S/C23H24BF3O8S/c1-2-18-20(14-31-24(35-18)17-11-7-4-8-12-17)33-19-13-30-22(16-9-5-3-6-10-16)34-21(19)15-32-36(28,29)23(25,26)27/h2-12,18-22H,1,13-15H2/t18-,19-,20+,21+,22?/m1/s1. The third-order valence-electron chi connectivity index (χ3n) is 5.58. The molecule has 2 heterocycles. The Morgan fingerprint density at radius 3 is 2.33 bits per heavy atom. The summed E-state index contributed by atoms with van der Waals surface area (Å²) in [5, 5.41) is 0. The van der Waals surface area contributed by atoms with Crippen LogP contribution in [0.1, 0.15) is 11.9 Å². The highest BCUT2D eigenvalue weighted by Gasteiger charge is 2.49. The molecule has 2 saturated heterocycles. The number of rotatable bonds is 8. The van der Waals surface area contributed by atoms with Gasteiger partial charge in [0.05, 0.1) is 25.9 Å². The minimum absolute atomic E-state index is 0.0727. The molecule has 13 heteroatoms. The van der Waals surface area contributed by atoms with Gasteiger partial charge in [-0.05, 0) is 5.46 Å². The van der Waals surface area contributed by atoms with Crippen LogP contribution in [-0.2, 0) is 37.8 Å². The van der Waals surface area contributed by atoms with Crippen molar-refractivity contribution in [2.75, 3.05) is 19.8 Å². The Morgan fingerprint density at radius 1 is 1.03 bits per heavy atom. The van der Waals surface area contributed by atoms with Crippen molar-refractivity contribution in [1.82, 2.24) is 0 Å². The van der Waals surface area contributed by atoms with Crippen LogP contribution < -0.4 is 5.46 Å². The molecule has 36 heavy (non-hydrogen) atoms. The largest absolute Gasteiger partial charge is 0.523 e. The van der Waals surface area contributed by atoms with Crippen molar-refractivity contribution in [2.45, 2.75) is 36.2 Å². The summed E-state index contributed by atoms with van der Waals surface area (Å²) < 4.78 is 95.0. The lowest BCUT2D eigenvalue weighted by atomic mass is 9.77. The van der Waals surface area contributed by atoms with Gasteiger partial charge in [-0.2, -0.15) is 21.6 Å². The molecule has 2 aliphatic heterocycles. The molecule has 0 spiro atoms. The van der Waals surface area contributed by atoms with Crippen molar-refractivity contribution in [1.29, 1.82) is 0 Å². The molecule has 0 saturated carbocycles. The summed E-state index contributed by atoms with van der Waals surface area (Å²) in [5.41, 5.74) is -4.18. The van der Waals surface area contributed by atoms with Gasteiger partial charge in [-0.3, -0.25) is 4.18 Å². The van der Waals surface area contributed by atoms with Crippen LogP contribution in [-0.4, -0.2) is 65.3 Å². The van der Waals surface area contributed by atoms with Crippen LogP contribution in [0, 0.1) is 0 Å². The molecule has 2 aliphatic rings. The van der Waals surface area contributed by atoms with Crippen molar-refractivity contribution in [3.8, 4) is 0 Å². The second-order valence-corrected chi connectivity index (χ2v) is 9.67. The summed E-state index contributed by atoms with van der Waals surface area (Å²) in [7, 11) is -6.49.